The lowest BCUT2D eigenvalue weighted by atomic mass is 10.2. The molecule has 20 heavy (non-hydrogen) atoms. The zero-order valence-corrected chi connectivity index (χ0v) is 12.7. The standard InChI is InChI=1S/C15H14BrN3O/c1-19-15-5-3-2-4-13(15)14(18-19)10-20-12-7-6-11(8-16)17-9-12/h2-7,9H,8,10H2,1H3. The van der Waals surface area contributed by atoms with Gasteiger partial charge in [-0.3, -0.25) is 9.67 Å². The summed E-state index contributed by atoms with van der Waals surface area (Å²) in [7, 11) is 1.94. The van der Waals surface area contributed by atoms with E-state index in [1.807, 2.05) is 36.0 Å². The highest BCUT2D eigenvalue weighted by atomic mass is 79.9. The van der Waals surface area contributed by atoms with Crippen LogP contribution in [0.1, 0.15) is 11.4 Å². The van der Waals surface area contributed by atoms with Crippen LogP contribution in [0.25, 0.3) is 10.9 Å². The molecule has 5 heteroatoms. The van der Waals surface area contributed by atoms with E-state index in [2.05, 4.69) is 38.1 Å². The summed E-state index contributed by atoms with van der Waals surface area (Å²) in [5.74, 6) is 0.754. The first-order valence-electron chi connectivity index (χ1n) is 6.32. The Morgan fingerprint density at radius 1 is 1.20 bits per heavy atom. The Kier molecular flexibility index (Phi) is 3.69. The Morgan fingerprint density at radius 3 is 2.80 bits per heavy atom. The summed E-state index contributed by atoms with van der Waals surface area (Å²) in [5.41, 5.74) is 3.03. The molecule has 0 bridgehead atoms. The molecule has 0 aliphatic carbocycles. The van der Waals surface area contributed by atoms with Gasteiger partial charge in [-0.05, 0) is 18.2 Å². The van der Waals surface area contributed by atoms with Gasteiger partial charge in [-0.1, -0.05) is 34.1 Å². The van der Waals surface area contributed by atoms with E-state index in [4.69, 9.17) is 4.74 Å². The first-order valence-corrected chi connectivity index (χ1v) is 7.44. The molecule has 2 heterocycles. The third kappa shape index (κ3) is 2.54. The number of nitrogens with zero attached hydrogens (tertiary/aromatic N) is 3. The number of hydrogen-bond acceptors (Lipinski definition) is 3. The van der Waals surface area contributed by atoms with Crippen molar-refractivity contribution in [2.24, 2.45) is 7.05 Å². The number of aryl methyl sites for hydroxylation is 1. The van der Waals surface area contributed by atoms with E-state index in [1.165, 1.54) is 0 Å². The van der Waals surface area contributed by atoms with Crippen LogP contribution in [0.4, 0.5) is 0 Å². The van der Waals surface area contributed by atoms with Gasteiger partial charge >= 0.3 is 0 Å². The molecule has 0 spiro atoms. The smallest absolute Gasteiger partial charge is 0.138 e. The third-order valence-electron chi connectivity index (χ3n) is 3.14. The molecule has 0 unspecified atom stereocenters. The molecule has 0 radical (unpaired) electrons. The number of fused-ring (bicyclic) bond motifs is 1. The minimum atomic E-state index is 0.441. The predicted molar refractivity (Wildman–Crippen MR) is 81.9 cm³/mol. The van der Waals surface area contributed by atoms with Gasteiger partial charge in [-0.2, -0.15) is 5.10 Å². The Hall–Kier alpha value is -1.88. The van der Waals surface area contributed by atoms with Gasteiger partial charge in [0.25, 0.3) is 0 Å². The van der Waals surface area contributed by atoms with E-state index in [0.29, 0.717) is 6.61 Å². The van der Waals surface area contributed by atoms with Crippen molar-refractivity contribution < 1.29 is 4.74 Å². The summed E-state index contributed by atoms with van der Waals surface area (Å²) >= 11 is 3.37. The number of halogens is 1. The van der Waals surface area contributed by atoms with Crippen LogP contribution in [-0.4, -0.2) is 14.8 Å². The second-order valence-electron chi connectivity index (χ2n) is 4.49. The lowest BCUT2D eigenvalue weighted by molar-refractivity contribution is 0.300. The molecule has 0 amide bonds. The number of hydrogen-bond donors (Lipinski definition) is 0. The van der Waals surface area contributed by atoms with Crippen LogP contribution in [-0.2, 0) is 19.0 Å². The minimum absolute atomic E-state index is 0.441. The van der Waals surface area contributed by atoms with Gasteiger partial charge in [0.15, 0.2) is 0 Å². The van der Waals surface area contributed by atoms with E-state index in [0.717, 1.165) is 33.4 Å². The van der Waals surface area contributed by atoms with Gasteiger partial charge in [0.05, 0.1) is 17.4 Å². The number of rotatable bonds is 4. The molecule has 3 rings (SSSR count). The van der Waals surface area contributed by atoms with E-state index < -0.39 is 0 Å². The molecule has 0 aliphatic heterocycles. The van der Waals surface area contributed by atoms with Crippen molar-refractivity contribution in [2.75, 3.05) is 0 Å². The van der Waals surface area contributed by atoms with Gasteiger partial charge in [-0.15, -0.1) is 0 Å². The molecular formula is C15H14BrN3O. The fourth-order valence-electron chi connectivity index (χ4n) is 2.12. The molecule has 0 aliphatic rings. The van der Waals surface area contributed by atoms with Crippen molar-refractivity contribution in [3.05, 3.63) is 54.0 Å². The molecule has 0 saturated heterocycles. The lowest BCUT2D eigenvalue weighted by Gasteiger charge is -2.04. The molecule has 0 atom stereocenters. The quantitative estimate of drug-likeness (QED) is 0.687. The molecular weight excluding hydrogens is 318 g/mol. The van der Waals surface area contributed by atoms with Crippen LogP contribution in [0.15, 0.2) is 42.6 Å². The number of alkyl halides is 1. The summed E-state index contributed by atoms with van der Waals surface area (Å²) < 4.78 is 7.63. The van der Waals surface area contributed by atoms with Crippen molar-refractivity contribution in [2.45, 2.75) is 11.9 Å². The number of ether oxygens (including phenoxy) is 1. The second-order valence-corrected chi connectivity index (χ2v) is 5.06. The minimum Gasteiger partial charge on any atom is -0.486 e. The van der Waals surface area contributed by atoms with Gasteiger partial charge in [0, 0.05) is 17.8 Å². The molecule has 2 aromatic heterocycles. The maximum Gasteiger partial charge on any atom is 0.138 e. The number of pyridine rings is 1. The average Bonchev–Trinajstić information content (AvgIpc) is 2.83. The van der Waals surface area contributed by atoms with Crippen LogP contribution >= 0.6 is 15.9 Å². The Labute approximate surface area is 125 Å². The fourth-order valence-corrected chi connectivity index (χ4v) is 2.45. The van der Waals surface area contributed by atoms with Crippen molar-refractivity contribution in [1.29, 1.82) is 0 Å². The van der Waals surface area contributed by atoms with Crippen LogP contribution in [0.2, 0.25) is 0 Å². The van der Waals surface area contributed by atoms with Crippen LogP contribution < -0.4 is 4.74 Å². The average molecular weight is 332 g/mol. The zero-order valence-electron chi connectivity index (χ0n) is 11.1. The maximum atomic E-state index is 5.76. The maximum absolute atomic E-state index is 5.76. The molecule has 0 fully saturated rings. The van der Waals surface area contributed by atoms with Crippen LogP contribution in [0, 0.1) is 0 Å². The van der Waals surface area contributed by atoms with E-state index in [-0.39, 0.29) is 0 Å². The van der Waals surface area contributed by atoms with Gasteiger partial charge in [-0.25, -0.2) is 0 Å². The number of para-hydroxylation sites is 1. The first-order chi connectivity index (χ1) is 9.78. The second kappa shape index (κ2) is 5.63. The topological polar surface area (TPSA) is 39.9 Å². The monoisotopic (exact) mass is 331 g/mol. The highest BCUT2D eigenvalue weighted by Crippen LogP contribution is 2.19. The number of benzene rings is 1. The van der Waals surface area contributed by atoms with Crippen molar-refractivity contribution in [3.8, 4) is 5.75 Å². The first kappa shape index (κ1) is 13.1. The van der Waals surface area contributed by atoms with E-state index in [1.54, 1.807) is 6.20 Å². The SMILES string of the molecule is Cn1nc(COc2ccc(CBr)nc2)c2ccccc21. The van der Waals surface area contributed by atoms with Gasteiger partial charge in [0.2, 0.25) is 0 Å². The predicted octanol–water partition coefficient (Wildman–Crippen LogP) is 3.44. The summed E-state index contributed by atoms with van der Waals surface area (Å²) in [6.07, 6.45) is 1.74. The summed E-state index contributed by atoms with van der Waals surface area (Å²) in [6.45, 7) is 0.441. The number of aromatic nitrogens is 3. The lowest BCUT2D eigenvalue weighted by Crippen LogP contribution is -1.99. The normalized spacial score (nSPS) is 10.9. The molecule has 1 aromatic carbocycles. The molecule has 4 nitrogen and oxygen atoms in total. The Morgan fingerprint density at radius 2 is 2.05 bits per heavy atom. The summed E-state index contributed by atoms with van der Waals surface area (Å²) in [5, 5.41) is 6.38. The third-order valence-corrected chi connectivity index (χ3v) is 3.72. The van der Waals surface area contributed by atoms with Crippen molar-refractivity contribution in [3.63, 3.8) is 0 Å². The summed E-state index contributed by atoms with van der Waals surface area (Å²) in [6, 6.07) is 12.0. The van der Waals surface area contributed by atoms with Crippen LogP contribution in [0.3, 0.4) is 0 Å². The molecule has 102 valence electrons. The van der Waals surface area contributed by atoms with Crippen molar-refractivity contribution >= 4 is 26.8 Å². The highest BCUT2D eigenvalue weighted by molar-refractivity contribution is 9.08. The highest BCUT2D eigenvalue weighted by Gasteiger charge is 2.08. The Balaban J connectivity index is 1.79. The zero-order chi connectivity index (χ0) is 13.9. The molecule has 3 aromatic rings. The van der Waals surface area contributed by atoms with E-state index >= 15 is 0 Å². The van der Waals surface area contributed by atoms with Crippen LogP contribution in [0.5, 0.6) is 5.75 Å². The summed E-state index contributed by atoms with van der Waals surface area (Å²) in [4.78, 5) is 4.28. The van der Waals surface area contributed by atoms with Gasteiger partial charge < -0.3 is 4.74 Å². The largest absolute Gasteiger partial charge is 0.486 e. The van der Waals surface area contributed by atoms with E-state index in [9.17, 15) is 0 Å². The molecule has 0 N–H and O–H groups in total. The molecule has 0 saturated carbocycles. The fraction of sp³-hybridized carbons (Fsp3) is 0.200. The van der Waals surface area contributed by atoms with Gasteiger partial charge in [0.1, 0.15) is 18.1 Å². The van der Waals surface area contributed by atoms with Crippen molar-refractivity contribution in [1.82, 2.24) is 14.8 Å². The Bertz CT molecular complexity index is 722.